The molecular weight excluding hydrogens is 368 g/mol. The van der Waals surface area contributed by atoms with Crippen molar-refractivity contribution in [2.75, 3.05) is 37.5 Å². The van der Waals surface area contributed by atoms with Crippen molar-refractivity contribution in [1.82, 2.24) is 0 Å². The fourth-order valence-electron chi connectivity index (χ4n) is 2.59. The van der Waals surface area contributed by atoms with Crippen LogP contribution in [0.25, 0.3) is 0 Å². The molecule has 0 radical (unpaired) electrons. The fraction of sp³-hybridized carbons (Fsp3) is 0.174. The number of anilines is 2. The number of methoxy groups -OCH3 is 1. The first-order valence-electron chi connectivity index (χ1n) is 9.32. The van der Waals surface area contributed by atoms with Crippen LogP contribution < -0.4 is 20.1 Å². The van der Waals surface area contributed by atoms with Crippen molar-refractivity contribution in [1.29, 1.82) is 0 Å². The first-order chi connectivity index (χ1) is 14.2. The van der Waals surface area contributed by atoms with Crippen molar-refractivity contribution in [2.45, 2.75) is 0 Å². The Hall–Kier alpha value is -3.51. The topological polar surface area (TPSA) is 68.8 Å². The maximum Gasteiger partial charge on any atom is 0.243 e. The minimum Gasteiger partial charge on any atom is -0.491 e. The van der Waals surface area contributed by atoms with Crippen molar-refractivity contribution in [3.63, 3.8) is 0 Å². The zero-order valence-electron chi connectivity index (χ0n) is 16.3. The van der Waals surface area contributed by atoms with Gasteiger partial charge in [0.25, 0.3) is 0 Å². The molecule has 0 aliphatic heterocycles. The number of rotatable bonds is 10. The van der Waals surface area contributed by atoms with Crippen molar-refractivity contribution in [3.8, 4) is 17.2 Å². The summed E-state index contributed by atoms with van der Waals surface area (Å²) in [7, 11) is 1.63. The van der Waals surface area contributed by atoms with Crippen LogP contribution in [0.4, 0.5) is 11.4 Å². The van der Waals surface area contributed by atoms with Crippen LogP contribution in [0.15, 0.2) is 78.9 Å². The van der Waals surface area contributed by atoms with Gasteiger partial charge in [-0.15, -0.1) is 0 Å². The Morgan fingerprint density at radius 3 is 2.45 bits per heavy atom. The molecule has 0 aliphatic carbocycles. The van der Waals surface area contributed by atoms with Crippen LogP contribution in [0.5, 0.6) is 17.2 Å². The van der Waals surface area contributed by atoms with Gasteiger partial charge in [0.1, 0.15) is 18.1 Å². The third-order valence-corrected chi connectivity index (χ3v) is 3.98. The summed E-state index contributed by atoms with van der Waals surface area (Å²) >= 11 is 0. The molecule has 3 rings (SSSR count). The van der Waals surface area contributed by atoms with E-state index in [9.17, 15) is 4.79 Å². The summed E-state index contributed by atoms with van der Waals surface area (Å²) in [6.45, 7) is 1.10. The highest BCUT2D eigenvalue weighted by atomic mass is 16.5. The van der Waals surface area contributed by atoms with Crippen LogP contribution in [0, 0.1) is 0 Å². The van der Waals surface area contributed by atoms with Crippen LogP contribution in [0.2, 0.25) is 0 Å². The van der Waals surface area contributed by atoms with E-state index in [1.807, 2.05) is 72.8 Å². The summed E-state index contributed by atoms with van der Waals surface area (Å²) in [5.74, 6) is 1.83. The van der Waals surface area contributed by atoms with Gasteiger partial charge in [-0.1, -0.05) is 36.4 Å². The van der Waals surface area contributed by atoms with Crippen LogP contribution >= 0.6 is 0 Å². The molecule has 0 saturated carbocycles. The highest BCUT2D eigenvalue weighted by Gasteiger charge is 2.08. The summed E-state index contributed by atoms with van der Waals surface area (Å²) in [6.07, 6.45) is 0. The molecule has 0 unspecified atom stereocenters. The Bertz CT molecular complexity index is 916. The highest BCUT2D eigenvalue weighted by molar-refractivity contribution is 5.95. The van der Waals surface area contributed by atoms with Crippen LogP contribution in [-0.2, 0) is 9.53 Å². The molecule has 0 aliphatic rings. The SMILES string of the molecule is COCCOc1cccc(NCC(=O)Nc2ccccc2Oc2ccccc2)c1. The number of nitrogens with one attached hydrogen (secondary N) is 2. The third-order valence-electron chi connectivity index (χ3n) is 3.98. The second-order valence-corrected chi connectivity index (χ2v) is 6.18. The van der Waals surface area contributed by atoms with Crippen LogP contribution in [0.3, 0.4) is 0 Å². The fourth-order valence-corrected chi connectivity index (χ4v) is 2.59. The molecule has 1 amide bonds. The number of benzene rings is 3. The van der Waals surface area contributed by atoms with Gasteiger partial charge in [0.15, 0.2) is 5.75 Å². The summed E-state index contributed by atoms with van der Waals surface area (Å²) in [5.41, 5.74) is 1.41. The lowest BCUT2D eigenvalue weighted by molar-refractivity contribution is -0.114. The van der Waals surface area contributed by atoms with E-state index in [4.69, 9.17) is 14.2 Å². The van der Waals surface area contributed by atoms with Crippen LogP contribution in [0.1, 0.15) is 0 Å². The lowest BCUT2D eigenvalue weighted by Crippen LogP contribution is -2.22. The molecule has 0 fully saturated rings. The smallest absolute Gasteiger partial charge is 0.243 e. The van der Waals surface area contributed by atoms with Crippen molar-refractivity contribution in [2.24, 2.45) is 0 Å². The number of carbonyl (C=O) groups is 1. The summed E-state index contributed by atoms with van der Waals surface area (Å²) in [5, 5.41) is 5.98. The van der Waals surface area contributed by atoms with E-state index in [0.29, 0.717) is 36.1 Å². The maximum absolute atomic E-state index is 12.4. The van der Waals surface area contributed by atoms with Crippen molar-refractivity contribution in [3.05, 3.63) is 78.9 Å². The molecule has 0 aromatic heterocycles. The summed E-state index contributed by atoms with van der Waals surface area (Å²) < 4.78 is 16.4. The Labute approximate surface area is 170 Å². The van der Waals surface area contributed by atoms with E-state index in [2.05, 4.69) is 10.6 Å². The summed E-state index contributed by atoms with van der Waals surface area (Å²) in [4.78, 5) is 12.4. The van der Waals surface area contributed by atoms with Gasteiger partial charge in [-0.25, -0.2) is 0 Å². The molecule has 150 valence electrons. The van der Waals surface area contributed by atoms with Gasteiger partial charge in [-0.05, 0) is 36.4 Å². The van der Waals surface area contributed by atoms with Gasteiger partial charge in [0.05, 0.1) is 18.8 Å². The van der Waals surface area contributed by atoms with Gasteiger partial charge in [0, 0.05) is 18.9 Å². The predicted octanol–water partition coefficient (Wildman–Crippen LogP) is 4.55. The second-order valence-electron chi connectivity index (χ2n) is 6.18. The van der Waals surface area contributed by atoms with E-state index in [1.165, 1.54) is 0 Å². The maximum atomic E-state index is 12.4. The van der Waals surface area contributed by atoms with Gasteiger partial charge >= 0.3 is 0 Å². The molecule has 0 heterocycles. The van der Waals surface area contributed by atoms with E-state index in [-0.39, 0.29) is 12.5 Å². The first-order valence-corrected chi connectivity index (χ1v) is 9.32. The van der Waals surface area contributed by atoms with E-state index < -0.39 is 0 Å². The Morgan fingerprint density at radius 1 is 0.862 bits per heavy atom. The average Bonchev–Trinajstić information content (AvgIpc) is 2.75. The normalized spacial score (nSPS) is 10.2. The minimum atomic E-state index is -0.181. The second kappa shape index (κ2) is 10.7. The molecular formula is C23H24N2O4. The van der Waals surface area contributed by atoms with Gasteiger partial charge in [-0.3, -0.25) is 4.79 Å². The molecule has 2 N–H and O–H groups in total. The molecule has 3 aromatic rings. The van der Waals surface area contributed by atoms with E-state index in [1.54, 1.807) is 13.2 Å². The molecule has 29 heavy (non-hydrogen) atoms. The molecule has 0 saturated heterocycles. The summed E-state index contributed by atoms with van der Waals surface area (Å²) in [6, 6.07) is 24.2. The number of hydrogen-bond acceptors (Lipinski definition) is 5. The number of carbonyl (C=O) groups excluding carboxylic acids is 1. The standard InChI is InChI=1S/C23H24N2O4/c1-27-14-15-28-20-11-7-8-18(16-20)24-17-23(26)25-21-12-5-6-13-22(21)29-19-9-3-2-4-10-19/h2-13,16,24H,14-15,17H2,1H3,(H,25,26). The zero-order chi connectivity index (χ0) is 20.3. The first kappa shape index (κ1) is 20.2. The number of hydrogen-bond donors (Lipinski definition) is 2. The number of amides is 1. The Kier molecular flexibility index (Phi) is 7.48. The van der Waals surface area contributed by atoms with Crippen LogP contribution in [-0.4, -0.2) is 32.8 Å². The molecule has 6 nitrogen and oxygen atoms in total. The molecule has 0 spiro atoms. The van der Waals surface area contributed by atoms with Crippen molar-refractivity contribution < 1.29 is 19.0 Å². The van der Waals surface area contributed by atoms with Gasteiger partial charge in [-0.2, -0.15) is 0 Å². The molecule has 3 aromatic carbocycles. The lowest BCUT2D eigenvalue weighted by atomic mass is 10.2. The van der Waals surface area contributed by atoms with E-state index >= 15 is 0 Å². The van der Waals surface area contributed by atoms with Gasteiger partial charge in [0.2, 0.25) is 5.91 Å². The Morgan fingerprint density at radius 2 is 1.62 bits per heavy atom. The molecule has 0 bridgehead atoms. The van der Waals surface area contributed by atoms with Gasteiger partial charge < -0.3 is 24.8 Å². The lowest BCUT2D eigenvalue weighted by Gasteiger charge is -2.13. The Balaban J connectivity index is 1.56. The predicted molar refractivity (Wildman–Crippen MR) is 114 cm³/mol. The minimum absolute atomic E-state index is 0.112. The van der Waals surface area contributed by atoms with Crippen molar-refractivity contribution >= 4 is 17.3 Å². The largest absolute Gasteiger partial charge is 0.491 e. The quantitative estimate of drug-likeness (QED) is 0.495. The zero-order valence-corrected chi connectivity index (χ0v) is 16.3. The molecule has 0 atom stereocenters. The highest BCUT2D eigenvalue weighted by Crippen LogP contribution is 2.29. The number of para-hydroxylation sites is 3. The molecule has 6 heteroatoms. The monoisotopic (exact) mass is 392 g/mol. The average molecular weight is 392 g/mol. The van der Waals surface area contributed by atoms with E-state index in [0.717, 1.165) is 5.69 Å². The third kappa shape index (κ3) is 6.55. The number of ether oxygens (including phenoxy) is 3.